The van der Waals surface area contributed by atoms with E-state index in [9.17, 15) is 23.1 Å². The minimum Gasteiger partial charge on any atom is -0.480 e. The van der Waals surface area contributed by atoms with Gasteiger partial charge in [-0.25, -0.2) is 13.2 Å². The van der Waals surface area contributed by atoms with E-state index in [4.69, 9.17) is 4.74 Å². The highest BCUT2D eigenvalue weighted by atomic mass is 32.2. The molecule has 8 nitrogen and oxygen atoms in total. The monoisotopic (exact) mass is 630 g/mol. The molecule has 0 radical (unpaired) electrons. The average Bonchev–Trinajstić information content (AvgIpc) is 3.39. The molecule has 2 aromatic carbocycles. The van der Waals surface area contributed by atoms with Gasteiger partial charge >= 0.3 is 5.97 Å². The zero-order chi connectivity index (χ0) is 31.0. The predicted octanol–water partition coefficient (Wildman–Crippen LogP) is 5.18. The number of likely N-dealkylation sites (tertiary alicyclic amines) is 1. The van der Waals surface area contributed by atoms with Gasteiger partial charge in [0.15, 0.2) is 9.84 Å². The number of aryl methyl sites for hydroxylation is 1. The lowest BCUT2D eigenvalue weighted by Crippen LogP contribution is -2.41. The summed E-state index contributed by atoms with van der Waals surface area (Å²) in [5.74, 6) is -0.309. The van der Waals surface area contributed by atoms with Crippen molar-refractivity contribution in [3.63, 3.8) is 0 Å². The summed E-state index contributed by atoms with van der Waals surface area (Å²) < 4.78 is 32.5. The van der Waals surface area contributed by atoms with E-state index in [1.807, 2.05) is 49.6 Å². The number of carboxylic acid groups (broad SMARTS) is 1. The Morgan fingerprint density at radius 1 is 1.12 bits per heavy atom. The molecule has 0 spiro atoms. The number of aliphatic carboxylic acids is 1. The number of hydrogen-bond acceptors (Lipinski definition) is 7. The van der Waals surface area contributed by atoms with E-state index in [1.54, 1.807) is 13.2 Å². The Balaban J connectivity index is 1.59. The summed E-state index contributed by atoms with van der Waals surface area (Å²) in [5.41, 5.74) is 3.99. The van der Waals surface area contributed by atoms with E-state index in [-0.39, 0.29) is 17.7 Å². The van der Waals surface area contributed by atoms with E-state index < -0.39 is 33.0 Å². The Kier molecular flexibility index (Phi) is 12.1. The van der Waals surface area contributed by atoms with Crippen LogP contribution in [0.15, 0.2) is 42.5 Å². The molecular formula is C33H46N2O6S2. The Labute approximate surface area is 260 Å². The van der Waals surface area contributed by atoms with Crippen LogP contribution in [0.4, 0.5) is 0 Å². The number of methoxy groups -OCH3 is 1. The van der Waals surface area contributed by atoms with Crippen molar-refractivity contribution >= 4 is 33.5 Å². The molecule has 0 aromatic heterocycles. The van der Waals surface area contributed by atoms with Crippen LogP contribution in [0.1, 0.15) is 66.4 Å². The number of carboxylic acids is 1. The van der Waals surface area contributed by atoms with Crippen molar-refractivity contribution in [1.82, 2.24) is 10.2 Å². The van der Waals surface area contributed by atoms with Crippen LogP contribution in [-0.2, 0) is 25.9 Å². The third-order valence-corrected chi connectivity index (χ3v) is 11.8. The minimum atomic E-state index is -3.24. The molecule has 4 rings (SSSR count). The molecule has 2 aliphatic rings. The van der Waals surface area contributed by atoms with Crippen molar-refractivity contribution in [1.29, 1.82) is 0 Å². The van der Waals surface area contributed by atoms with E-state index in [0.717, 1.165) is 47.9 Å². The van der Waals surface area contributed by atoms with Crippen LogP contribution in [0.5, 0.6) is 0 Å². The van der Waals surface area contributed by atoms with Gasteiger partial charge < -0.3 is 15.2 Å². The van der Waals surface area contributed by atoms with Crippen LogP contribution in [0.3, 0.4) is 0 Å². The van der Waals surface area contributed by atoms with Gasteiger partial charge in [0.1, 0.15) is 6.04 Å². The number of sulfone groups is 1. The molecule has 2 N–H and O–H groups in total. The van der Waals surface area contributed by atoms with Gasteiger partial charge in [0.2, 0.25) is 0 Å². The van der Waals surface area contributed by atoms with Crippen molar-refractivity contribution < 1.29 is 27.9 Å². The number of benzene rings is 2. The maximum Gasteiger partial charge on any atom is 0.326 e. The number of carbonyl (C=O) groups excluding carboxylic acids is 1. The van der Waals surface area contributed by atoms with E-state index in [1.165, 1.54) is 18.2 Å². The standard InChI is InChI=1S/C33H46N2O6S2/c1-23-9-7-8-12-28(23)30-17-25(13-14-29(30)32(36)34-31(33(37)38)15-16-42-3)19-35-20-27(18-26(35)21-41-2)43(39,40)22-24-10-5-4-6-11-24/h7-9,12-14,17,24,26-27,31H,4-6,10-11,15-16,18-22H2,1-3H3,(H,34,36)(H,37,38)/t26-,27-,31+/m0/s1. The maximum atomic E-state index is 13.5. The Morgan fingerprint density at radius 3 is 2.53 bits per heavy atom. The third-order valence-electron chi connectivity index (χ3n) is 8.91. The summed E-state index contributed by atoms with van der Waals surface area (Å²) in [5, 5.41) is 12.0. The van der Waals surface area contributed by atoms with Crippen molar-refractivity contribution in [2.24, 2.45) is 5.92 Å². The molecule has 0 bridgehead atoms. The predicted molar refractivity (Wildman–Crippen MR) is 173 cm³/mol. The van der Waals surface area contributed by atoms with E-state index in [0.29, 0.717) is 43.9 Å². The van der Waals surface area contributed by atoms with Crippen LogP contribution in [0, 0.1) is 12.8 Å². The second kappa shape index (κ2) is 15.5. The molecule has 1 amide bonds. The first-order valence-electron chi connectivity index (χ1n) is 15.3. The maximum absolute atomic E-state index is 13.5. The van der Waals surface area contributed by atoms with Gasteiger partial charge in [-0.3, -0.25) is 9.69 Å². The Morgan fingerprint density at radius 2 is 1.86 bits per heavy atom. The molecule has 0 unspecified atom stereocenters. The van der Waals surface area contributed by atoms with Gasteiger partial charge in [-0.05, 0) is 84.9 Å². The number of ether oxygens (including phenoxy) is 1. The Hall–Kier alpha value is -2.40. The van der Waals surface area contributed by atoms with Gasteiger partial charge in [0.25, 0.3) is 5.91 Å². The lowest BCUT2D eigenvalue weighted by Gasteiger charge is -2.25. The highest BCUT2D eigenvalue weighted by molar-refractivity contribution is 7.98. The number of nitrogens with zero attached hydrogens (tertiary/aromatic N) is 1. The van der Waals surface area contributed by atoms with Crippen LogP contribution >= 0.6 is 11.8 Å². The van der Waals surface area contributed by atoms with E-state index in [2.05, 4.69) is 10.2 Å². The first-order chi connectivity index (χ1) is 20.6. The zero-order valence-corrected chi connectivity index (χ0v) is 27.2. The zero-order valence-electron chi connectivity index (χ0n) is 25.6. The lowest BCUT2D eigenvalue weighted by atomic mass is 9.91. The third kappa shape index (κ3) is 8.84. The molecular weight excluding hydrogens is 585 g/mol. The fourth-order valence-corrected chi connectivity index (χ4v) is 9.19. The minimum absolute atomic E-state index is 0.0197. The highest BCUT2D eigenvalue weighted by Gasteiger charge is 2.40. The molecule has 2 fully saturated rings. The number of carbonyl (C=O) groups is 2. The second-order valence-electron chi connectivity index (χ2n) is 12.1. The average molecular weight is 631 g/mol. The molecule has 10 heteroatoms. The molecule has 236 valence electrons. The van der Waals surface area contributed by atoms with E-state index >= 15 is 0 Å². The molecule has 1 aliphatic heterocycles. The summed E-state index contributed by atoms with van der Waals surface area (Å²) in [4.78, 5) is 27.5. The van der Waals surface area contributed by atoms with Crippen molar-refractivity contribution in [3.8, 4) is 11.1 Å². The van der Waals surface area contributed by atoms with Crippen molar-refractivity contribution in [3.05, 3.63) is 59.2 Å². The molecule has 1 heterocycles. The van der Waals surface area contributed by atoms with Gasteiger partial charge in [-0.2, -0.15) is 11.8 Å². The fourth-order valence-electron chi connectivity index (χ4n) is 6.53. The van der Waals surface area contributed by atoms with Crippen LogP contribution < -0.4 is 5.32 Å². The quantitative estimate of drug-likeness (QED) is 0.294. The summed E-state index contributed by atoms with van der Waals surface area (Å²) in [6, 6.07) is 12.5. The van der Waals surface area contributed by atoms with Crippen LogP contribution in [-0.4, -0.2) is 85.7 Å². The summed E-state index contributed by atoms with van der Waals surface area (Å²) in [6.45, 7) is 3.42. The Bertz CT molecular complexity index is 1360. The van der Waals surface area contributed by atoms with Gasteiger partial charge in [0.05, 0.1) is 17.6 Å². The lowest BCUT2D eigenvalue weighted by molar-refractivity contribution is -0.139. The normalized spacial score (nSPS) is 20.6. The first kappa shape index (κ1) is 33.5. The first-order valence-corrected chi connectivity index (χ1v) is 18.4. The molecule has 1 saturated carbocycles. The topological polar surface area (TPSA) is 113 Å². The van der Waals surface area contributed by atoms with Crippen molar-refractivity contribution in [2.75, 3.05) is 38.0 Å². The highest BCUT2D eigenvalue weighted by Crippen LogP contribution is 2.33. The fraction of sp³-hybridized carbons (Fsp3) is 0.576. The molecule has 1 saturated heterocycles. The molecule has 3 atom stereocenters. The van der Waals surface area contributed by atoms with Crippen LogP contribution in [0.25, 0.3) is 11.1 Å². The van der Waals surface area contributed by atoms with Gasteiger partial charge in [-0.15, -0.1) is 0 Å². The SMILES string of the molecule is COC[C@@H]1C[C@H](S(=O)(=O)CC2CCCCC2)CN1Cc1ccc(C(=O)N[C@H](CCSC)C(=O)O)c(-c2ccccc2C)c1. The number of hydrogen-bond donors (Lipinski definition) is 2. The second-order valence-corrected chi connectivity index (χ2v) is 15.4. The number of nitrogens with one attached hydrogen (secondary N) is 1. The molecule has 43 heavy (non-hydrogen) atoms. The number of rotatable bonds is 14. The van der Waals surface area contributed by atoms with Crippen LogP contribution in [0.2, 0.25) is 0 Å². The summed E-state index contributed by atoms with van der Waals surface area (Å²) >= 11 is 1.54. The van der Waals surface area contributed by atoms with Gasteiger partial charge in [0, 0.05) is 31.8 Å². The summed E-state index contributed by atoms with van der Waals surface area (Å²) in [6.07, 6.45) is 8.24. The van der Waals surface area contributed by atoms with Crippen molar-refractivity contribution in [2.45, 2.75) is 75.7 Å². The number of amides is 1. The molecule has 2 aromatic rings. The van der Waals surface area contributed by atoms with Gasteiger partial charge in [-0.1, -0.05) is 49.6 Å². The number of thioether (sulfide) groups is 1. The summed E-state index contributed by atoms with van der Waals surface area (Å²) in [7, 11) is -1.59. The smallest absolute Gasteiger partial charge is 0.326 e. The molecule has 1 aliphatic carbocycles. The largest absolute Gasteiger partial charge is 0.480 e.